The Kier molecular flexibility index (Phi) is 8.11. The first kappa shape index (κ1) is 26.0. The third kappa shape index (κ3) is 4.93. The summed E-state index contributed by atoms with van der Waals surface area (Å²) in [5.74, 6) is -2.99. The maximum absolute atomic E-state index is 13.1. The number of rotatable bonds is 8. The minimum absolute atomic E-state index is 0.0416. The highest BCUT2D eigenvalue weighted by atomic mass is 19.3. The lowest BCUT2D eigenvalue weighted by Gasteiger charge is -2.36. The first-order valence-electron chi connectivity index (χ1n) is 10.5. The quantitative estimate of drug-likeness (QED) is 0.545. The molecule has 1 aliphatic heterocycles. The SMILES string of the molecule is COC(=O)C1=C(C(=O)OC)N(c2ccc(OC)c(OCC(F)F)c2)C(N)=C(C#N)C1c1ccccc1. The fourth-order valence-electron chi connectivity index (χ4n) is 3.85. The van der Waals surface area contributed by atoms with Gasteiger partial charge in [0.2, 0.25) is 0 Å². The highest BCUT2D eigenvalue weighted by Gasteiger charge is 2.43. The Hall–Kier alpha value is -4.59. The maximum atomic E-state index is 13.1. The fraction of sp³-hybridized carbons (Fsp3) is 0.240. The van der Waals surface area contributed by atoms with Gasteiger partial charge in [-0.1, -0.05) is 30.3 Å². The largest absolute Gasteiger partial charge is 0.493 e. The van der Waals surface area contributed by atoms with Crippen LogP contribution in [0.15, 0.2) is 71.2 Å². The number of carbonyl (C=O) groups excluding carboxylic acids is 2. The number of nitrogens with two attached hydrogens (primary N) is 1. The molecule has 1 atom stereocenters. The molecular formula is C25H23F2N3O6. The van der Waals surface area contributed by atoms with Crippen LogP contribution in [0.25, 0.3) is 0 Å². The van der Waals surface area contributed by atoms with Crippen LogP contribution in [-0.4, -0.2) is 46.3 Å². The van der Waals surface area contributed by atoms with E-state index in [4.69, 9.17) is 24.7 Å². The second-order valence-electron chi connectivity index (χ2n) is 7.37. The number of allylic oxidation sites excluding steroid dienone is 1. The molecule has 188 valence electrons. The maximum Gasteiger partial charge on any atom is 0.355 e. The van der Waals surface area contributed by atoms with Gasteiger partial charge in [0.1, 0.15) is 18.1 Å². The van der Waals surface area contributed by atoms with Crippen molar-refractivity contribution < 1.29 is 37.3 Å². The van der Waals surface area contributed by atoms with Crippen molar-refractivity contribution in [2.24, 2.45) is 5.73 Å². The summed E-state index contributed by atoms with van der Waals surface area (Å²) >= 11 is 0. The Balaban J connectivity index is 2.34. The summed E-state index contributed by atoms with van der Waals surface area (Å²) in [4.78, 5) is 27.3. The zero-order chi connectivity index (χ0) is 26.4. The topological polar surface area (TPSA) is 124 Å². The van der Waals surface area contributed by atoms with Gasteiger partial charge >= 0.3 is 11.9 Å². The van der Waals surface area contributed by atoms with E-state index < -0.39 is 30.9 Å². The van der Waals surface area contributed by atoms with Crippen LogP contribution < -0.4 is 20.1 Å². The van der Waals surface area contributed by atoms with Gasteiger partial charge in [-0.2, -0.15) is 5.26 Å². The van der Waals surface area contributed by atoms with Crippen LogP contribution in [0.5, 0.6) is 11.5 Å². The molecule has 1 unspecified atom stereocenters. The molecule has 2 aromatic carbocycles. The normalized spacial score (nSPS) is 15.5. The summed E-state index contributed by atoms with van der Waals surface area (Å²) in [5, 5.41) is 10.1. The van der Waals surface area contributed by atoms with Crippen molar-refractivity contribution >= 4 is 17.6 Å². The molecule has 36 heavy (non-hydrogen) atoms. The van der Waals surface area contributed by atoms with E-state index in [9.17, 15) is 23.6 Å². The van der Waals surface area contributed by atoms with Gasteiger partial charge in [-0.15, -0.1) is 0 Å². The number of nitrogens with zero attached hydrogens (tertiary/aromatic N) is 2. The fourth-order valence-corrected chi connectivity index (χ4v) is 3.85. The predicted molar refractivity (Wildman–Crippen MR) is 124 cm³/mol. The summed E-state index contributed by atoms with van der Waals surface area (Å²) in [5.41, 5.74) is 6.52. The molecule has 2 N–H and O–H groups in total. The van der Waals surface area contributed by atoms with Crippen molar-refractivity contribution in [2.45, 2.75) is 12.3 Å². The Morgan fingerprint density at radius 1 is 1.06 bits per heavy atom. The molecule has 0 saturated heterocycles. The number of alkyl halides is 2. The van der Waals surface area contributed by atoms with Gasteiger partial charge in [-0.3, -0.25) is 4.90 Å². The summed E-state index contributed by atoms with van der Waals surface area (Å²) in [7, 11) is 3.58. The molecule has 0 amide bonds. The van der Waals surface area contributed by atoms with E-state index in [-0.39, 0.29) is 39.9 Å². The molecule has 9 nitrogen and oxygen atoms in total. The van der Waals surface area contributed by atoms with Crippen molar-refractivity contribution in [2.75, 3.05) is 32.8 Å². The summed E-state index contributed by atoms with van der Waals surface area (Å²) < 4.78 is 45.9. The van der Waals surface area contributed by atoms with Gasteiger partial charge < -0.3 is 24.7 Å². The molecule has 11 heteroatoms. The van der Waals surface area contributed by atoms with Crippen LogP contribution >= 0.6 is 0 Å². The molecule has 1 heterocycles. The van der Waals surface area contributed by atoms with E-state index in [1.165, 1.54) is 25.3 Å². The smallest absolute Gasteiger partial charge is 0.355 e. The van der Waals surface area contributed by atoms with Crippen LogP contribution in [0.3, 0.4) is 0 Å². The molecule has 1 aliphatic rings. The van der Waals surface area contributed by atoms with Gasteiger partial charge in [-0.25, -0.2) is 18.4 Å². The zero-order valence-electron chi connectivity index (χ0n) is 19.7. The van der Waals surface area contributed by atoms with Crippen LogP contribution in [0, 0.1) is 11.3 Å². The average Bonchev–Trinajstić information content (AvgIpc) is 2.90. The number of hydrogen-bond donors (Lipinski definition) is 1. The number of nitriles is 1. The lowest BCUT2D eigenvalue weighted by molar-refractivity contribution is -0.139. The van der Waals surface area contributed by atoms with Crippen LogP contribution in [0.1, 0.15) is 11.5 Å². The number of carbonyl (C=O) groups is 2. The van der Waals surface area contributed by atoms with E-state index in [1.807, 2.05) is 6.07 Å². The van der Waals surface area contributed by atoms with Crippen molar-refractivity contribution in [3.63, 3.8) is 0 Å². The summed E-state index contributed by atoms with van der Waals surface area (Å²) in [6.07, 6.45) is -2.76. The standard InChI is InChI=1S/C25H23F2N3O6/c1-33-17-10-9-15(11-18(17)36-13-19(26)27)30-22(25(32)35-3)21(24(31)34-2)20(16(12-28)23(30)29)14-7-5-4-6-8-14/h4-11,19-20H,13,29H2,1-3H3. The molecule has 2 aromatic rings. The highest BCUT2D eigenvalue weighted by molar-refractivity contribution is 6.06. The first-order chi connectivity index (χ1) is 17.3. The van der Waals surface area contributed by atoms with E-state index in [2.05, 4.69) is 0 Å². The van der Waals surface area contributed by atoms with Gasteiger partial charge in [-0.05, 0) is 17.7 Å². The monoisotopic (exact) mass is 499 g/mol. The van der Waals surface area contributed by atoms with Gasteiger partial charge in [0, 0.05) is 6.07 Å². The number of ether oxygens (including phenoxy) is 4. The number of halogens is 2. The minimum atomic E-state index is -2.76. The lowest BCUT2D eigenvalue weighted by atomic mass is 9.81. The van der Waals surface area contributed by atoms with Crippen molar-refractivity contribution in [3.05, 3.63) is 76.8 Å². The Morgan fingerprint density at radius 2 is 1.72 bits per heavy atom. The third-order valence-electron chi connectivity index (χ3n) is 5.38. The molecule has 0 radical (unpaired) electrons. The molecule has 0 aromatic heterocycles. The zero-order valence-corrected chi connectivity index (χ0v) is 19.7. The second kappa shape index (κ2) is 11.2. The first-order valence-corrected chi connectivity index (χ1v) is 10.5. The highest BCUT2D eigenvalue weighted by Crippen LogP contribution is 2.44. The molecule has 3 rings (SSSR count). The number of benzene rings is 2. The minimum Gasteiger partial charge on any atom is -0.493 e. The van der Waals surface area contributed by atoms with E-state index in [0.717, 1.165) is 19.1 Å². The Morgan fingerprint density at radius 3 is 2.28 bits per heavy atom. The van der Waals surface area contributed by atoms with Gasteiger partial charge in [0.05, 0.1) is 50.2 Å². The lowest BCUT2D eigenvalue weighted by Crippen LogP contribution is -2.40. The molecule has 0 aliphatic carbocycles. The molecular weight excluding hydrogens is 476 g/mol. The Labute approximate surface area is 205 Å². The number of esters is 2. The molecule has 0 saturated carbocycles. The van der Waals surface area contributed by atoms with Gasteiger partial charge in [0.25, 0.3) is 6.43 Å². The molecule has 0 spiro atoms. The van der Waals surface area contributed by atoms with Crippen molar-refractivity contribution in [1.29, 1.82) is 5.26 Å². The van der Waals surface area contributed by atoms with Crippen LogP contribution in [0.4, 0.5) is 14.5 Å². The number of anilines is 1. The van der Waals surface area contributed by atoms with Gasteiger partial charge in [0.15, 0.2) is 11.5 Å². The molecule has 0 fully saturated rings. The van der Waals surface area contributed by atoms with E-state index in [0.29, 0.717) is 5.56 Å². The number of methoxy groups -OCH3 is 3. The Bertz CT molecular complexity index is 1250. The second-order valence-corrected chi connectivity index (χ2v) is 7.37. The van der Waals surface area contributed by atoms with Crippen LogP contribution in [0.2, 0.25) is 0 Å². The third-order valence-corrected chi connectivity index (χ3v) is 5.38. The van der Waals surface area contributed by atoms with E-state index >= 15 is 0 Å². The van der Waals surface area contributed by atoms with Crippen molar-refractivity contribution in [1.82, 2.24) is 0 Å². The summed E-state index contributed by atoms with van der Waals surface area (Å²) in [6.45, 7) is -0.919. The number of hydrogen-bond acceptors (Lipinski definition) is 9. The van der Waals surface area contributed by atoms with E-state index in [1.54, 1.807) is 30.3 Å². The average molecular weight is 499 g/mol. The van der Waals surface area contributed by atoms with Crippen LogP contribution in [-0.2, 0) is 19.1 Å². The summed E-state index contributed by atoms with van der Waals surface area (Å²) in [6, 6.07) is 14.7. The van der Waals surface area contributed by atoms with Crippen molar-refractivity contribution in [3.8, 4) is 17.6 Å². The molecule has 0 bridgehead atoms. The predicted octanol–water partition coefficient (Wildman–Crippen LogP) is 3.24.